The molecule has 2 nitrogen and oxygen atoms in total. The molecule has 0 bridgehead atoms. The van der Waals surface area contributed by atoms with Gasteiger partial charge in [-0.1, -0.05) is 52.3 Å². The van der Waals surface area contributed by atoms with Gasteiger partial charge in [0, 0.05) is 5.33 Å². The number of alkyl halides is 1. The number of fused-ring (bicyclic) bond motifs is 1. The molecule has 0 aliphatic carbocycles. The summed E-state index contributed by atoms with van der Waals surface area (Å²) in [6.45, 7) is 8.34. The van der Waals surface area contributed by atoms with E-state index in [4.69, 9.17) is 9.31 Å². The van der Waals surface area contributed by atoms with E-state index in [9.17, 15) is 0 Å². The van der Waals surface area contributed by atoms with E-state index in [0.717, 1.165) is 10.8 Å². The molecule has 0 spiro atoms. The Hall–Kier alpha value is -0.835. The van der Waals surface area contributed by atoms with Gasteiger partial charge in [-0.15, -0.1) is 0 Å². The second-order valence-electron chi connectivity index (χ2n) is 6.58. The van der Waals surface area contributed by atoms with Gasteiger partial charge in [-0.3, -0.25) is 0 Å². The maximum Gasteiger partial charge on any atom is 0.495 e. The molecular weight excluding hydrogens is 327 g/mol. The molecule has 1 saturated heterocycles. The predicted molar refractivity (Wildman–Crippen MR) is 92.3 cm³/mol. The minimum atomic E-state index is -0.313. The molecule has 0 N–H and O–H groups in total. The molecule has 0 amide bonds. The number of rotatable bonds is 2. The average Bonchev–Trinajstić information content (AvgIpc) is 2.66. The highest BCUT2D eigenvalue weighted by molar-refractivity contribution is 9.08. The van der Waals surface area contributed by atoms with Gasteiger partial charge in [0.2, 0.25) is 0 Å². The number of hydrogen-bond acceptors (Lipinski definition) is 2. The zero-order chi connectivity index (χ0) is 15.3. The standard InChI is InChI=1S/C17H20BBrO2/c1-16(2)17(3,4)21-18(20-16)15-10-9-12-7-5-6-8-13(12)14(15)11-19/h5-10H,11H2,1-4H3. The maximum atomic E-state index is 6.20. The van der Waals surface area contributed by atoms with Crippen LogP contribution in [0, 0.1) is 0 Å². The molecule has 0 unspecified atom stereocenters. The van der Waals surface area contributed by atoms with Crippen LogP contribution in [-0.4, -0.2) is 18.3 Å². The van der Waals surface area contributed by atoms with Crippen molar-refractivity contribution in [2.45, 2.75) is 44.2 Å². The molecule has 1 aliphatic heterocycles. The maximum absolute atomic E-state index is 6.20. The van der Waals surface area contributed by atoms with Crippen molar-refractivity contribution >= 4 is 39.3 Å². The lowest BCUT2D eigenvalue weighted by atomic mass is 9.75. The molecule has 1 fully saturated rings. The van der Waals surface area contributed by atoms with Crippen molar-refractivity contribution in [2.75, 3.05) is 0 Å². The Bertz CT molecular complexity index is 666. The molecule has 0 atom stereocenters. The van der Waals surface area contributed by atoms with Crippen LogP contribution in [-0.2, 0) is 14.6 Å². The summed E-state index contributed by atoms with van der Waals surface area (Å²) in [5, 5.41) is 3.28. The van der Waals surface area contributed by atoms with Gasteiger partial charge in [0.15, 0.2) is 0 Å². The van der Waals surface area contributed by atoms with Crippen molar-refractivity contribution in [3.63, 3.8) is 0 Å². The second kappa shape index (κ2) is 5.11. The van der Waals surface area contributed by atoms with E-state index in [2.05, 4.69) is 80.0 Å². The summed E-state index contributed by atoms with van der Waals surface area (Å²) in [5.41, 5.74) is 1.73. The van der Waals surface area contributed by atoms with Gasteiger partial charge < -0.3 is 9.31 Å². The first-order valence-electron chi connectivity index (χ1n) is 7.28. The smallest absolute Gasteiger partial charge is 0.399 e. The fraction of sp³-hybridized carbons (Fsp3) is 0.412. The Kier molecular flexibility index (Phi) is 3.67. The Morgan fingerprint density at radius 2 is 1.57 bits per heavy atom. The highest BCUT2D eigenvalue weighted by Crippen LogP contribution is 2.37. The minimum Gasteiger partial charge on any atom is -0.399 e. The van der Waals surface area contributed by atoms with Crippen LogP contribution in [0.2, 0.25) is 0 Å². The summed E-state index contributed by atoms with van der Waals surface area (Å²) in [4.78, 5) is 0. The molecular formula is C17H20BBrO2. The summed E-state index contributed by atoms with van der Waals surface area (Å²) in [5.74, 6) is 0. The Labute approximate surface area is 135 Å². The summed E-state index contributed by atoms with van der Waals surface area (Å²) in [7, 11) is -0.313. The molecule has 1 aliphatic rings. The summed E-state index contributed by atoms with van der Waals surface area (Å²) in [6.07, 6.45) is 0. The SMILES string of the molecule is CC1(C)OB(c2ccc3ccccc3c2CBr)OC1(C)C. The van der Waals surface area contributed by atoms with Crippen molar-refractivity contribution in [2.24, 2.45) is 0 Å². The molecule has 1 heterocycles. The van der Waals surface area contributed by atoms with E-state index in [-0.39, 0.29) is 18.3 Å². The minimum absolute atomic E-state index is 0.313. The molecule has 4 heteroatoms. The highest BCUT2D eigenvalue weighted by Gasteiger charge is 2.52. The van der Waals surface area contributed by atoms with E-state index in [1.165, 1.54) is 16.3 Å². The molecule has 21 heavy (non-hydrogen) atoms. The first-order valence-corrected chi connectivity index (χ1v) is 8.40. The number of halogens is 1. The topological polar surface area (TPSA) is 18.5 Å². The first-order chi connectivity index (χ1) is 9.86. The van der Waals surface area contributed by atoms with Crippen LogP contribution < -0.4 is 5.46 Å². The predicted octanol–water partition coefficient (Wildman–Crippen LogP) is 4.03. The third-order valence-corrected chi connectivity index (χ3v) is 5.28. The highest BCUT2D eigenvalue weighted by atomic mass is 79.9. The van der Waals surface area contributed by atoms with Gasteiger partial charge in [0.05, 0.1) is 11.2 Å². The number of benzene rings is 2. The summed E-state index contributed by atoms with van der Waals surface area (Å²) < 4.78 is 12.4. The van der Waals surface area contributed by atoms with E-state index in [1.54, 1.807) is 0 Å². The fourth-order valence-corrected chi connectivity index (χ4v) is 3.32. The fourth-order valence-electron chi connectivity index (χ4n) is 2.69. The van der Waals surface area contributed by atoms with Crippen molar-refractivity contribution < 1.29 is 9.31 Å². The lowest BCUT2D eigenvalue weighted by Gasteiger charge is -2.32. The molecule has 0 saturated carbocycles. The van der Waals surface area contributed by atoms with Gasteiger partial charge in [0.25, 0.3) is 0 Å². The van der Waals surface area contributed by atoms with Crippen LogP contribution in [0.1, 0.15) is 33.3 Å². The van der Waals surface area contributed by atoms with Gasteiger partial charge in [-0.25, -0.2) is 0 Å². The lowest BCUT2D eigenvalue weighted by molar-refractivity contribution is 0.00578. The summed E-state index contributed by atoms with van der Waals surface area (Å²) in [6, 6.07) is 12.7. The van der Waals surface area contributed by atoms with Crippen molar-refractivity contribution in [1.29, 1.82) is 0 Å². The largest absolute Gasteiger partial charge is 0.495 e. The van der Waals surface area contributed by atoms with Gasteiger partial charge in [0.1, 0.15) is 0 Å². The Morgan fingerprint density at radius 3 is 2.19 bits per heavy atom. The average molecular weight is 347 g/mol. The van der Waals surface area contributed by atoms with Crippen LogP contribution in [0.3, 0.4) is 0 Å². The van der Waals surface area contributed by atoms with Gasteiger partial charge in [-0.2, -0.15) is 0 Å². The van der Waals surface area contributed by atoms with Gasteiger partial charge >= 0.3 is 7.12 Å². The normalized spacial score (nSPS) is 20.1. The quantitative estimate of drug-likeness (QED) is 0.603. The molecule has 0 radical (unpaired) electrons. The van der Waals surface area contributed by atoms with Crippen LogP contribution >= 0.6 is 15.9 Å². The van der Waals surface area contributed by atoms with Crippen LogP contribution in [0.4, 0.5) is 0 Å². The molecule has 0 aromatic heterocycles. The van der Waals surface area contributed by atoms with Crippen LogP contribution in [0.15, 0.2) is 36.4 Å². The third-order valence-electron chi connectivity index (χ3n) is 4.72. The van der Waals surface area contributed by atoms with E-state index in [0.29, 0.717) is 0 Å². The lowest BCUT2D eigenvalue weighted by Crippen LogP contribution is -2.41. The van der Waals surface area contributed by atoms with Crippen molar-refractivity contribution in [1.82, 2.24) is 0 Å². The summed E-state index contributed by atoms with van der Waals surface area (Å²) >= 11 is 3.62. The monoisotopic (exact) mass is 346 g/mol. The molecule has 2 aromatic rings. The van der Waals surface area contributed by atoms with E-state index < -0.39 is 0 Å². The molecule has 3 rings (SSSR count). The second-order valence-corrected chi connectivity index (χ2v) is 7.14. The first kappa shape index (κ1) is 15.1. The zero-order valence-corrected chi connectivity index (χ0v) is 14.5. The number of hydrogen-bond donors (Lipinski definition) is 0. The van der Waals surface area contributed by atoms with Crippen molar-refractivity contribution in [3.8, 4) is 0 Å². The third kappa shape index (κ3) is 2.43. The van der Waals surface area contributed by atoms with Crippen molar-refractivity contribution in [3.05, 3.63) is 42.0 Å². The van der Waals surface area contributed by atoms with Crippen LogP contribution in [0.5, 0.6) is 0 Å². The molecule has 2 aromatic carbocycles. The van der Waals surface area contributed by atoms with Crippen LogP contribution in [0.25, 0.3) is 10.8 Å². The van der Waals surface area contributed by atoms with E-state index >= 15 is 0 Å². The molecule has 110 valence electrons. The van der Waals surface area contributed by atoms with E-state index in [1.807, 2.05) is 0 Å². The zero-order valence-electron chi connectivity index (χ0n) is 12.9. The Morgan fingerprint density at radius 1 is 0.952 bits per heavy atom. The Balaban J connectivity index is 2.10. The van der Waals surface area contributed by atoms with Gasteiger partial charge in [-0.05, 0) is 49.5 Å².